The minimum atomic E-state index is 0.553. The Hall–Kier alpha value is -0.400. The number of hydrogen-bond donors (Lipinski definition) is 0. The van der Waals surface area contributed by atoms with E-state index in [2.05, 4.69) is 5.18 Å². The highest BCUT2D eigenvalue weighted by atomic mass is 16.3. The molecule has 0 aromatic heterocycles. The molecular formula is C16H29NO. The summed E-state index contributed by atoms with van der Waals surface area (Å²) in [4.78, 5) is 10.3. The van der Waals surface area contributed by atoms with E-state index < -0.39 is 0 Å². The van der Waals surface area contributed by atoms with Gasteiger partial charge in [-0.3, -0.25) is 0 Å². The molecule has 0 aromatic rings. The van der Waals surface area contributed by atoms with Gasteiger partial charge >= 0.3 is 0 Å². The summed E-state index contributed by atoms with van der Waals surface area (Å²) in [6.45, 7) is 0.553. The van der Waals surface area contributed by atoms with E-state index in [0.29, 0.717) is 6.54 Å². The molecule has 2 heteroatoms. The van der Waals surface area contributed by atoms with E-state index in [1.807, 2.05) is 0 Å². The van der Waals surface area contributed by atoms with Crippen molar-refractivity contribution in [1.29, 1.82) is 0 Å². The van der Waals surface area contributed by atoms with Crippen LogP contribution in [0.4, 0.5) is 0 Å². The number of fused-ring (bicyclic) bond motifs is 1. The zero-order valence-electron chi connectivity index (χ0n) is 11.8. The Morgan fingerprint density at radius 1 is 0.722 bits per heavy atom. The molecule has 0 bridgehead atoms. The Morgan fingerprint density at radius 3 is 1.61 bits per heavy atom. The van der Waals surface area contributed by atoms with Gasteiger partial charge in [-0.25, -0.2) is 0 Å². The molecule has 104 valence electrons. The molecule has 0 N–H and O–H groups in total. The van der Waals surface area contributed by atoms with Crippen molar-refractivity contribution in [2.75, 3.05) is 6.54 Å². The molecule has 2 atom stereocenters. The number of nitroso groups, excluding NO2 is 1. The first kappa shape index (κ1) is 14.0. The minimum absolute atomic E-state index is 0.553. The molecule has 2 nitrogen and oxygen atoms in total. The van der Waals surface area contributed by atoms with Crippen LogP contribution in [0.3, 0.4) is 0 Å². The molecule has 2 fully saturated rings. The van der Waals surface area contributed by atoms with Crippen molar-refractivity contribution >= 4 is 0 Å². The molecule has 0 spiro atoms. The van der Waals surface area contributed by atoms with E-state index in [1.54, 1.807) is 0 Å². The van der Waals surface area contributed by atoms with Crippen LogP contribution < -0.4 is 0 Å². The molecular weight excluding hydrogens is 222 g/mol. The predicted octanol–water partition coefficient (Wildman–Crippen LogP) is 5.31. The third-order valence-electron chi connectivity index (χ3n) is 5.14. The van der Waals surface area contributed by atoms with Gasteiger partial charge in [0.25, 0.3) is 0 Å². The van der Waals surface area contributed by atoms with Gasteiger partial charge in [0.15, 0.2) is 0 Å². The Morgan fingerprint density at radius 2 is 1.17 bits per heavy atom. The molecule has 2 rings (SSSR count). The predicted molar refractivity (Wildman–Crippen MR) is 76.5 cm³/mol. The normalized spacial score (nSPS) is 34.6. The summed E-state index contributed by atoms with van der Waals surface area (Å²) in [7, 11) is 0. The van der Waals surface area contributed by atoms with Crippen molar-refractivity contribution in [2.45, 2.75) is 77.0 Å². The van der Waals surface area contributed by atoms with Gasteiger partial charge in [0, 0.05) is 0 Å². The Labute approximate surface area is 112 Å². The Bertz CT molecular complexity index is 223. The van der Waals surface area contributed by atoms with Crippen LogP contribution in [0, 0.1) is 22.7 Å². The van der Waals surface area contributed by atoms with Gasteiger partial charge in [-0.15, -0.1) is 0 Å². The monoisotopic (exact) mass is 251 g/mol. The van der Waals surface area contributed by atoms with Crippen LogP contribution in [0.5, 0.6) is 0 Å². The van der Waals surface area contributed by atoms with Crippen LogP contribution in [0.2, 0.25) is 0 Å². The van der Waals surface area contributed by atoms with Crippen LogP contribution in [0.25, 0.3) is 0 Å². The van der Waals surface area contributed by atoms with Crippen LogP contribution in [-0.2, 0) is 0 Å². The molecule has 0 aliphatic heterocycles. The SMILES string of the molecule is O=NCCC1C2CCCCCCCCCCCC21. The number of rotatable bonds is 3. The van der Waals surface area contributed by atoms with Crippen molar-refractivity contribution in [1.82, 2.24) is 0 Å². The largest absolute Gasteiger partial charge is 0.151 e. The first-order valence-electron chi connectivity index (χ1n) is 8.22. The van der Waals surface area contributed by atoms with Crippen molar-refractivity contribution in [3.8, 4) is 0 Å². The van der Waals surface area contributed by atoms with Crippen molar-refractivity contribution in [3.05, 3.63) is 4.91 Å². The average molecular weight is 251 g/mol. The zero-order valence-corrected chi connectivity index (χ0v) is 11.8. The maximum atomic E-state index is 10.3. The molecule has 2 aliphatic rings. The lowest BCUT2D eigenvalue weighted by molar-refractivity contribution is 0.529. The maximum Gasteiger partial charge on any atom is 0.0814 e. The Balaban J connectivity index is 1.73. The second-order valence-electron chi connectivity index (χ2n) is 6.39. The summed E-state index contributed by atoms with van der Waals surface area (Å²) in [6, 6.07) is 0. The molecule has 0 aromatic carbocycles. The lowest BCUT2D eigenvalue weighted by atomic mass is 10.0. The second-order valence-corrected chi connectivity index (χ2v) is 6.39. The van der Waals surface area contributed by atoms with Gasteiger partial charge in [0.05, 0.1) is 6.54 Å². The number of hydrogen-bond acceptors (Lipinski definition) is 2. The van der Waals surface area contributed by atoms with Crippen LogP contribution in [0.15, 0.2) is 5.18 Å². The second kappa shape index (κ2) is 7.91. The molecule has 0 heterocycles. The molecule has 0 radical (unpaired) electrons. The molecule has 18 heavy (non-hydrogen) atoms. The highest BCUT2D eigenvalue weighted by Crippen LogP contribution is 2.54. The van der Waals surface area contributed by atoms with Crippen molar-refractivity contribution < 1.29 is 0 Å². The third kappa shape index (κ3) is 4.37. The van der Waals surface area contributed by atoms with Crippen LogP contribution in [0.1, 0.15) is 77.0 Å². The van der Waals surface area contributed by atoms with E-state index in [9.17, 15) is 4.91 Å². The smallest absolute Gasteiger partial charge is 0.0814 e. The summed E-state index contributed by atoms with van der Waals surface area (Å²) >= 11 is 0. The van der Waals surface area contributed by atoms with Gasteiger partial charge in [-0.1, -0.05) is 63.0 Å². The summed E-state index contributed by atoms with van der Waals surface area (Å²) in [5.41, 5.74) is 0. The van der Waals surface area contributed by atoms with E-state index >= 15 is 0 Å². The maximum absolute atomic E-state index is 10.3. The molecule has 2 saturated carbocycles. The van der Waals surface area contributed by atoms with Crippen molar-refractivity contribution in [3.63, 3.8) is 0 Å². The van der Waals surface area contributed by atoms with E-state index in [-0.39, 0.29) is 0 Å². The highest BCUT2D eigenvalue weighted by Gasteiger charge is 2.47. The standard InChI is InChI=1S/C16H29NO/c18-17-13-12-16-14-10-8-6-4-2-1-3-5-7-9-11-15(14)16/h14-16H,1-13H2. The number of nitrogens with zero attached hydrogens (tertiary/aromatic N) is 1. The van der Waals surface area contributed by atoms with Gasteiger partial charge < -0.3 is 0 Å². The van der Waals surface area contributed by atoms with E-state index in [0.717, 1.165) is 24.2 Å². The summed E-state index contributed by atoms with van der Waals surface area (Å²) in [5.74, 6) is 2.76. The van der Waals surface area contributed by atoms with Gasteiger partial charge in [-0.05, 0) is 37.0 Å². The fourth-order valence-electron chi connectivity index (χ4n) is 4.01. The summed E-state index contributed by atoms with van der Waals surface area (Å²) in [6.07, 6.45) is 16.9. The third-order valence-corrected chi connectivity index (χ3v) is 5.14. The van der Waals surface area contributed by atoms with Crippen molar-refractivity contribution in [2.24, 2.45) is 22.9 Å². The average Bonchev–Trinajstić information content (AvgIpc) is 3.04. The highest BCUT2D eigenvalue weighted by molar-refractivity contribution is 4.96. The van der Waals surface area contributed by atoms with Gasteiger partial charge in [0.2, 0.25) is 0 Å². The molecule has 0 saturated heterocycles. The topological polar surface area (TPSA) is 29.4 Å². The first-order valence-corrected chi connectivity index (χ1v) is 8.22. The minimum Gasteiger partial charge on any atom is -0.151 e. The zero-order chi connectivity index (χ0) is 12.6. The fourth-order valence-corrected chi connectivity index (χ4v) is 4.01. The quantitative estimate of drug-likeness (QED) is 0.625. The molecule has 2 unspecified atom stereocenters. The van der Waals surface area contributed by atoms with Gasteiger partial charge in [-0.2, -0.15) is 4.91 Å². The Kier molecular flexibility index (Phi) is 6.16. The van der Waals surface area contributed by atoms with E-state index in [1.165, 1.54) is 70.6 Å². The lowest BCUT2D eigenvalue weighted by Gasteiger charge is -2.02. The lowest BCUT2D eigenvalue weighted by Crippen LogP contribution is -1.88. The summed E-state index contributed by atoms with van der Waals surface area (Å²) < 4.78 is 0. The van der Waals surface area contributed by atoms with Crippen LogP contribution >= 0.6 is 0 Å². The fraction of sp³-hybridized carbons (Fsp3) is 1.00. The molecule has 2 aliphatic carbocycles. The van der Waals surface area contributed by atoms with E-state index in [4.69, 9.17) is 0 Å². The first-order chi connectivity index (χ1) is 8.93. The van der Waals surface area contributed by atoms with Gasteiger partial charge in [0.1, 0.15) is 0 Å². The molecule has 0 amide bonds. The van der Waals surface area contributed by atoms with Crippen LogP contribution in [-0.4, -0.2) is 6.54 Å². The summed E-state index contributed by atoms with van der Waals surface area (Å²) in [5, 5.41) is 3.05.